The second-order valence-electron chi connectivity index (χ2n) is 8.73. The molecule has 0 fully saturated rings. The van der Waals surface area contributed by atoms with E-state index in [4.69, 9.17) is 0 Å². The van der Waals surface area contributed by atoms with Crippen LogP contribution >= 0.6 is 54.5 Å². The quantitative estimate of drug-likeness (QED) is 0.116. The van der Waals surface area contributed by atoms with Gasteiger partial charge in [-0.25, -0.2) is 0 Å². The van der Waals surface area contributed by atoms with Crippen molar-refractivity contribution in [3.63, 3.8) is 0 Å². The van der Waals surface area contributed by atoms with Gasteiger partial charge in [-0.1, -0.05) is 182 Å². The van der Waals surface area contributed by atoms with Gasteiger partial charge in [-0.3, -0.25) is 0 Å². The molecule has 0 amide bonds. The largest absolute Gasteiger partial charge is 0.0622 e. The summed E-state index contributed by atoms with van der Waals surface area (Å²) < 4.78 is 0. The molecule has 0 aromatic heterocycles. The fourth-order valence-electron chi connectivity index (χ4n) is 4.36. The van der Waals surface area contributed by atoms with Crippen molar-refractivity contribution in [1.82, 2.24) is 0 Å². The van der Waals surface area contributed by atoms with Crippen LogP contribution in [0.4, 0.5) is 0 Å². The molecule has 0 heterocycles. The summed E-state index contributed by atoms with van der Waals surface area (Å²) in [4.78, 5) is 0. The molecule has 0 N–H and O–H groups in total. The molecule has 0 nitrogen and oxygen atoms in total. The van der Waals surface area contributed by atoms with Crippen LogP contribution in [0, 0.1) is 0 Å². The average Bonchev–Trinajstić information content (AvgIpc) is 3.05. The third-order valence-electron chi connectivity index (χ3n) is 6.09. The number of rotatable bonds is 6. The van der Waals surface area contributed by atoms with Crippen molar-refractivity contribution >= 4 is 86.4 Å². The average molecular weight is 973 g/mol. The van der Waals surface area contributed by atoms with Crippen LogP contribution in [-0.4, -0.2) is 0 Å². The van der Waals surface area contributed by atoms with Gasteiger partial charge in [0.15, 0.2) is 0 Å². The zero-order valence-electron chi connectivity index (χ0n) is 22.3. The Morgan fingerprint density at radius 2 is 0.390 bits per heavy atom. The van der Waals surface area contributed by atoms with Crippen LogP contribution < -0.4 is 31.8 Å². The van der Waals surface area contributed by atoms with Crippen molar-refractivity contribution in [2.45, 2.75) is 0 Å². The fraction of sp³-hybridized carbons (Fsp3) is 0. The maximum atomic E-state index is 2.39. The van der Waals surface area contributed by atoms with Gasteiger partial charge < -0.3 is 0 Å². The topological polar surface area (TPSA) is 0 Å². The summed E-state index contributed by atoms with van der Waals surface area (Å²) in [5.41, 5.74) is 0. The van der Waals surface area contributed by atoms with Gasteiger partial charge in [0.1, 0.15) is 0 Å². The summed E-state index contributed by atoms with van der Waals surface area (Å²) in [6, 6.07) is 64.7. The third kappa shape index (κ3) is 10.2. The van der Waals surface area contributed by atoms with Crippen molar-refractivity contribution in [2.75, 3.05) is 0 Å². The van der Waals surface area contributed by atoms with E-state index in [1.165, 1.54) is 31.8 Å². The summed E-state index contributed by atoms with van der Waals surface area (Å²) in [5.74, 6) is 0. The monoisotopic (exact) mass is 973 g/mol. The molecule has 41 heavy (non-hydrogen) atoms. The molecule has 6 aromatic carbocycles. The number of hydrogen-bond acceptors (Lipinski definition) is 0. The smallest absolute Gasteiger partial charge is 0.0134 e. The number of benzene rings is 6. The van der Waals surface area contributed by atoms with Crippen LogP contribution in [0.3, 0.4) is 0 Å². The predicted molar refractivity (Wildman–Crippen MR) is 198 cm³/mol. The molecular formula is C36H30I2P2Pt. The summed E-state index contributed by atoms with van der Waals surface area (Å²) in [7, 11) is -0.892. The van der Waals surface area contributed by atoms with Gasteiger partial charge in [-0.15, -0.1) is 0 Å². The molecule has 6 aromatic rings. The Morgan fingerprint density at radius 3 is 0.512 bits per heavy atom. The van der Waals surface area contributed by atoms with E-state index in [0.717, 1.165) is 0 Å². The Kier molecular flexibility index (Phi) is 14.8. The summed E-state index contributed by atoms with van der Waals surface area (Å²) in [6.45, 7) is 0. The van der Waals surface area contributed by atoms with E-state index in [9.17, 15) is 0 Å². The second-order valence-corrected chi connectivity index (χ2v) is 29.8. The van der Waals surface area contributed by atoms with Crippen molar-refractivity contribution in [3.05, 3.63) is 182 Å². The van der Waals surface area contributed by atoms with Gasteiger partial charge in [0.05, 0.1) is 0 Å². The van der Waals surface area contributed by atoms with Gasteiger partial charge >= 0.3 is 49.9 Å². The summed E-state index contributed by atoms with van der Waals surface area (Å²) in [5, 5.41) is 8.39. The minimum Gasteiger partial charge on any atom is -0.0622 e. The van der Waals surface area contributed by atoms with Crippen molar-refractivity contribution in [2.24, 2.45) is 0 Å². The normalized spacial score (nSPS) is 10.3. The van der Waals surface area contributed by atoms with Crippen molar-refractivity contribution in [3.8, 4) is 0 Å². The standard InChI is InChI=1S/2C18H15P.2HI.Pt/c2*1-4-10-16(11-5-1)19(17-12-6-2-7-13-17)18-14-8-3-9-15-18;;;/h2*1-15H;2*1H;/q;;;;+2/p-2. The SMILES string of the molecule is [I][Pt][I].c1ccc(P(c2ccccc2)c2ccccc2)cc1.c1ccc(P(c2ccccc2)c2ccccc2)cc1. The van der Waals surface area contributed by atoms with Crippen molar-refractivity contribution < 1.29 is 11.2 Å². The van der Waals surface area contributed by atoms with Gasteiger partial charge in [-0.2, -0.15) is 0 Å². The Labute approximate surface area is 276 Å². The van der Waals surface area contributed by atoms with Crippen LogP contribution in [0.1, 0.15) is 0 Å². The van der Waals surface area contributed by atoms with E-state index in [2.05, 4.69) is 221 Å². The maximum Gasteiger partial charge on any atom is -0.0134 e. The van der Waals surface area contributed by atoms with Crippen LogP contribution in [0.25, 0.3) is 0 Å². The molecule has 5 heteroatoms. The first-order chi connectivity index (χ1) is 20.3. The zero-order valence-corrected chi connectivity index (χ0v) is 30.7. The van der Waals surface area contributed by atoms with E-state index in [-0.39, 0.29) is 0 Å². The maximum absolute atomic E-state index is 2.39. The van der Waals surface area contributed by atoms with E-state index >= 15 is 0 Å². The molecule has 0 atom stereocenters. The Morgan fingerprint density at radius 1 is 0.268 bits per heavy atom. The first-order valence-corrected chi connectivity index (χ1v) is 28.6. The Bertz CT molecular complexity index is 1200. The van der Waals surface area contributed by atoms with E-state index < -0.39 is 15.8 Å². The fourth-order valence-corrected chi connectivity index (χ4v) is 8.97. The van der Waals surface area contributed by atoms with Crippen LogP contribution in [0.2, 0.25) is 0 Å². The molecule has 0 unspecified atom stereocenters. The van der Waals surface area contributed by atoms with Crippen LogP contribution in [0.5, 0.6) is 0 Å². The van der Waals surface area contributed by atoms with Gasteiger partial charge in [-0.05, 0) is 47.7 Å². The van der Waals surface area contributed by atoms with E-state index in [1.54, 1.807) is 0 Å². The molecule has 0 aliphatic rings. The second kappa shape index (κ2) is 18.8. The number of hydrogen-bond donors (Lipinski definition) is 0. The predicted octanol–water partition coefficient (Wildman–Crippen LogP) is 8.66. The minimum atomic E-state index is -0.446. The third-order valence-corrected chi connectivity index (χ3v) is 11.0. The molecule has 0 aliphatic carbocycles. The molecular weight excluding hydrogens is 943 g/mol. The molecule has 0 radical (unpaired) electrons. The Balaban J connectivity index is 0.000000173. The first kappa shape index (κ1) is 32.2. The molecule has 208 valence electrons. The first-order valence-electron chi connectivity index (χ1n) is 13.0. The van der Waals surface area contributed by atoms with Crippen LogP contribution in [0.15, 0.2) is 182 Å². The minimum absolute atomic E-state index is 0.446. The molecule has 6 rings (SSSR count). The van der Waals surface area contributed by atoms with Crippen LogP contribution in [-0.2, 0) is 11.2 Å². The zero-order chi connectivity index (χ0) is 28.5. The molecule has 0 bridgehead atoms. The van der Waals surface area contributed by atoms with Crippen molar-refractivity contribution in [1.29, 1.82) is 0 Å². The molecule has 0 saturated heterocycles. The molecule has 0 spiro atoms. The summed E-state index contributed by atoms with van der Waals surface area (Å²) in [6.07, 6.45) is 0. The summed E-state index contributed by atoms with van der Waals surface area (Å²) >= 11 is 5.30. The molecule has 0 saturated carbocycles. The van der Waals surface area contributed by atoms with Gasteiger partial charge in [0.2, 0.25) is 0 Å². The van der Waals surface area contributed by atoms with Gasteiger partial charge in [0.25, 0.3) is 0 Å². The molecule has 0 aliphatic heterocycles. The van der Waals surface area contributed by atoms with Gasteiger partial charge in [0, 0.05) is 0 Å². The number of halogens is 2. The van der Waals surface area contributed by atoms with E-state index in [1.807, 2.05) is 0 Å². The van der Waals surface area contributed by atoms with E-state index in [0.29, 0.717) is 11.2 Å². The Hall–Kier alpha value is -1.67.